The van der Waals surface area contributed by atoms with Crippen molar-refractivity contribution in [1.29, 1.82) is 0 Å². The van der Waals surface area contributed by atoms with Crippen molar-refractivity contribution in [3.8, 4) is 17.2 Å². The summed E-state index contributed by atoms with van der Waals surface area (Å²) < 4.78 is 10.6. The summed E-state index contributed by atoms with van der Waals surface area (Å²) in [5.41, 5.74) is 0.477. The van der Waals surface area contributed by atoms with E-state index in [2.05, 4.69) is 4.98 Å². The van der Waals surface area contributed by atoms with Crippen LogP contribution in [0.2, 0.25) is 0 Å². The number of carbonyl (C=O) groups is 1. The van der Waals surface area contributed by atoms with E-state index in [4.69, 9.17) is 9.47 Å². The fraction of sp³-hybridized carbons (Fsp3) is 0.0769. The van der Waals surface area contributed by atoms with Gasteiger partial charge in [0, 0.05) is 17.8 Å². The van der Waals surface area contributed by atoms with Crippen molar-refractivity contribution in [1.82, 2.24) is 4.98 Å². The molecule has 0 spiro atoms. The van der Waals surface area contributed by atoms with Crippen LogP contribution in [-0.4, -0.2) is 18.4 Å². The summed E-state index contributed by atoms with van der Waals surface area (Å²) in [6.07, 6.45) is 3.75. The first-order valence-electron chi connectivity index (χ1n) is 5.04. The normalized spacial score (nSPS) is 9.71. The number of nitrogens with zero attached hydrogens (tertiary/aromatic N) is 1. The SMILES string of the molecule is COc1cccc(Oc2cncc(C=O)c2)c1. The van der Waals surface area contributed by atoms with E-state index in [-0.39, 0.29) is 0 Å². The van der Waals surface area contributed by atoms with Gasteiger partial charge in [0.1, 0.15) is 17.2 Å². The molecule has 1 aromatic heterocycles. The lowest BCUT2D eigenvalue weighted by atomic mass is 10.3. The number of hydrogen-bond acceptors (Lipinski definition) is 4. The van der Waals surface area contributed by atoms with Crippen LogP contribution >= 0.6 is 0 Å². The number of pyridine rings is 1. The molecule has 17 heavy (non-hydrogen) atoms. The number of aldehydes is 1. The van der Waals surface area contributed by atoms with Gasteiger partial charge < -0.3 is 9.47 Å². The highest BCUT2D eigenvalue weighted by Gasteiger charge is 2.00. The van der Waals surface area contributed by atoms with Crippen molar-refractivity contribution in [3.05, 3.63) is 48.3 Å². The summed E-state index contributed by atoms with van der Waals surface area (Å²) in [6.45, 7) is 0. The van der Waals surface area contributed by atoms with Gasteiger partial charge in [0.05, 0.1) is 13.3 Å². The minimum Gasteiger partial charge on any atom is -0.497 e. The number of rotatable bonds is 4. The van der Waals surface area contributed by atoms with Crippen LogP contribution in [0.15, 0.2) is 42.7 Å². The molecule has 0 amide bonds. The van der Waals surface area contributed by atoms with Crippen molar-refractivity contribution in [3.63, 3.8) is 0 Å². The van der Waals surface area contributed by atoms with Crippen molar-refractivity contribution < 1.29 is 14.3 Å². The standard InChI is InChI=1S/C13H11NO3/c1-16-11-3-2-4-12(6-11)17-13-5-10(9-15)7-14-8-13/h2-9H,1H3. The fourth-order valence-electron chi connectivity index (χ4n) is 1.36. The van der Waals surface area contributed by atoms with Gasteiger partial charge in [-0.3, -0.25) is 9.78 Å². The molecular weight excluding hydrogens is 218 g/mol. The number of carbonyl (C=O) groups excluding carboxylic acids is 1. The largest absolute Gasteiger partial charge is 0.497 e. The number of aromatic nitrogens is 1. The summed E-state index contributed by atoms with van der Waals surface area (Å²) in [7, 11) is 1.59. The molecule has 0 N–H and O–H groups in total. The number of hydrogen-bond donors (Lipinski definition) is 0. The molecule has 0 radical (unpaired) electrons. The molecule has 0 saturated heterocycles. The lowest BCUT2D eigenvalue weighted by Crippen LogP contribution is -1.89. The third-order valence-corrected chi connectivity index (χ3v) is 2.15. The molecule has 4 nitrogen and oxygen atoms in total. The predicted octanol–water partition coefficient (Wildman–Crippen LogP) is 2.70. The molecule has 0 aliphatic rings. The molecule has 86 valence electrons. The highest BCUT2D eigenvalue weighted by atomic mass is 16.5. The van der Waals surface area contributed by atoms with E-state index in [9.17, 15) is 4.79 Å². The van der Waals surface area contributed by atoms with Gasteiger partial charge in [-0.05, 0) is 18.2 Å². The number of ether oxygens (including phenoxy) is 2. The lowest BCUT2D eigenvalue weighted by molar-refractivity contribution is 0.112. The molecule has 0 saturated carbocycles. The van der Waals surface area contributed by atoms with E-state index >= 15 is 0 Å². The number of methoxy groups -OCH3 is 1. The van der Waals surface area contributed by atoms with Gasteiger partial charge in [0.2, 0.25) is 0 Å². The Morgan fingerprint density at radius 3 is 2.71 bits per heavy atom. The average Bonchev–Trinajstić information content (AvgIpc) is 2.39. The van der Waals surface area contributed by atoms with Crippen LogP contribution in [0.4, 0.5) is 0 Å². The molecule has 0 aliphatic carbocycles. The Hall–Kier alpha value is -2.36. The van der Waals surface area contributed by atoms with E-state index < -0.39 is 0 Å². The molecule has 0 bridgehead atoms. The molecule has 0 fully saturated rings. The van der Waals surface area contributed by atoms with Crippen LogP contribution in [0.25, 0.3) is 0 Å². The topological polar surface area (TPSA) is 48.4 Å². The molecule has 1 aromatic carbocycles. The highest BCUT2D eigenvalue weighted by molar-refractivity contribution is 5.74. The van der Waals surface area contributed by atoms with Gasteiger partial charge in [-0.25, -0.2) is 0 Å². The monoisotopic (exact) mass is 229 g/mol. The van der Waals surface area contributed by atoms with Crippen molar-refractivity contribution in [2.75, 3.05) is 7.11 Å². The van der Waals surface area contributed by atoms with E-state index in [1.165, 1.54) is 6.20 Å². The second kappa shape index (κ2) is 5.12. The van der Waals surface area contributed by atoms with Gasteiger partial charge in [0.15, 0.2) is 6.29 Å². The highest BCUT2D eigenvalue weighted by Crippen LogP contribution is 2.24. The second-order valence-electron chi connectivity index (χ2n) is 3.35. The molecule has 2 aromatic rings. The summed E-state index contributed by atoms with van der Waals surface area (Å²) in [5, 5.41) is 0. The van der Waals surface area contributed by atoms with Gasteiger partial charge >= 0.3 is 0 Å². The molecular formula is C13H11NO3. The summed E-state index contributed by atoms with van der Waals surface area (Å²) >= 11 is 0. The van der Waals surface area contributed by atoms with Crippen molar-refractivity contribution in [2.45, 2.75) is 0 Å². The molecule has 2 rings (SSSR count). The van der Waals surface area contributed by atoms with Crippen molar-refractivity contribution in [2.24, 2.45) is 0 Å². The number of benzene rings is 1. The van der Waals surface area contributed by atoms with E-state index in [0.29, 0.717) is 22.8 Å². The first-order chi connectivity index (χ1) is 8.31. The van der Waals surface area contributed by atoms with Crippen LogP contribution in [0.1, 0.15) is 10.4 Å². The summed E-state index contributed by atoms with van der Waals surface area (Å²) in [6, 6.07) is 8.83. The Morgan fingerprint density at radius 1 is 1.12 bits per heavy atom. The smallest absolute Gasteiger partial charge is 0.151 e. The molecule has 0 aliphatic heterocycles. The van der Waals surface area contributed by atoms with Gasteiger partial charge in [-0.1, -0.05) is 6.07 Å². The predicted molar refractivity (Wildman–Crippen MR) is 62.7 cm³/mol. The first-order valence-corrected chi connectivity index (χ1v) is 5.04. The second-order valence-corrected chi connectivity index (χ2v) is 3.35. The van der Waals surface area contributed by atoms with E-state index in [0.717, 1.165) is 6.29 Å². The zero-order valence-corrected chi connectivity index (χ0v) is 9.29. The van der Waals surface area contributed by atoms with Gasteiger partial charge in [-0.15, -0.1) is 0 Å². The zero-order valence-electron chi connectivity index (χ0n) is 9.29. The third-order valence-electron chi connectivity index (χ3n) is 2.15. The van der Waals surface area contributed by atoms with Gasteiger partial charge in [-0.2, -0.15) is 0 Å². The molecule has 0 atom stereocenters. The minimum absolute atomic E-state index is 0.477. The lowest BCUT2D eigenvalue weighted by Gasteiger charge is -2.06. The maximum Gasteiger partial charge on any atom is 0.151 e. The Labute approximate surface area is 98.8 Å². The van der Waals surface area contributed by atoms with Gasteiger partial charge in [0.25, 0.3) is 0 Å². The van der Waals surface area contributed by atoms with Crippen LogP contribution in [0.5, 0.6) is 17.2 Å². The maximum atomic E-state index is 10.6. The van der Waals surface area contributed by atoms with Crippen LogP contribution in [0, 0.1) is 0 Å². The average molecular weight is 229 g/mol. The Morgan fingerprint density at radius 2 is 1.94 bits per heavy atom. The van der Waals surface area contributed by atoms with Crippen LogP contribution < -0.4 is 9.47 Å². The Bertz CT molecular complexity index is 526. The maximum absolute atomic E-state index is 10.6. The summed E-state index contributed by atoms with van der Waals surface area (Å²) in [4.78, 5) is 14.5. The molecule has 1 heterocycles. The van der Waals surface area contributed by atoms with Crippen LogP contribution in [0.3, 0.4) is 0 Å². The fourth-order valence-corrected chi connectivity index (χ4v) is 1.36. The molecule has 4 heteroatoms. The minimum atomic E-state index is 0.477. The van der Waals surface area contributed by atoms with E-state index in [1.54, 1.807) is 31.5 Å². The quantitative estimate of drug-likeness (QED) is 0.756. The summed E-state index contributed by atoms with van der Waals surface area (Å²) in [5.74, 6) is 1.86. The van der Waals surface area contributed by atoms with Crippen molar-refractivity contribution >= 4 is 6.29 Å². The Balaban J connectivity index is 2.21. The zero-order chi connectivity index (χ0) is 12.1. The molecule has 0 unspecified atom stereocenters. The Kier molecular flexibility index (Phi) is 3.35. The first kappa shape index (κ1) is 11.1. The third kappa shape index (κ3) is 2.81. The van der Waals surface area contributed by atoms with E-state index in [1.807, 2.05) is 12.1 Å². The van der Waals surface area contributed by atoms with Crippen LogP contribution in [-0.2, 0) is 0 Å².